The Kier molecular flexibility index (Phi) is 5.26. The molecular weight excluding hydrogens is 297 g/mol. The summed E-state index contributed by atoms with van der Waals surface area (Å²) in [5, 5.41) is 0. The minimum Gasteiger partial charge on any atom is -0.343 e. The average molecular weight is 316 g/mol. The van der Waals surface area contributed by atoms with E-state index in [0.29, 0.717) is 19.0 Å². The van der Waals surface area contributed by atoms with E-state index < -0.39 is 24.9 Å². The summed E-state index contributed by atoms with van der Waals surface area (Å²) in [6.07, 6.45) is -1.76. The van der Waals surface area contributed by atoms with Crippen molar-refractivity contribution in [1.29, 1.82) is 0 Å². The van der Waals surface area contributed by atoms with Crippen molar-refractivity contribution < 1.29 is 18.0 Å². The second-order valence-corrected chi connectivity index (χ2v) is 5.70. The van der Waals surface area contributed by atoms with E-state index in [0.717, 1.165) is 24.8 Å². The number of halogens is 3. The monoisotopic (exact) mass is 316 g/mol. The molecule has 1 fully saturated rings. The standard InChI is InChI=1S/C15H19F3N2O2/c16-15(17,18)6-3-14(22)20-7-4-11(5-8-20)9-12-1-2-13(21)19-10-12/h1-2,10-11H,3-9H2,(H,19,21). The smallest absolute Gasteiger partial charge is 0.343 e. The van der Waals surface area contributed by atoms with Crippen molar-refractivity contribution >= 4 is 5.91 Å². The molecule has 0 spiro atoms. The third kappa shape index (κ3) is 5.20. The summed E-state index contributed by atoms with van der Waals surface area (Å²) in [5.74, 6) is -0.0302. The van der Waals surface area contributed by atoms with Gasteiger partial charge in [0.2, 0.25) is 11.5 Å². The predicted molar refractivity (Wildman–Crippen MR) is 75.4 cm³/mol. The number of pyridine rings is 1. The molecule has 1 aliphatic heterocycles. The van der Waals surface area contributed by atoms with Gasteiger partial charge in [0.05, 0.1) is 6.42 Å². The zero-order valence-electron chi connectivity index (χ0n) is 12.2. The summed E-state index contributed by atoms with van der Waals surface area (Å²) in [7, 11) is 0. The summed E-state index contributed by atoms with van der Waals surface area (Å²) in [5.41, 5.74) is 0.885. The number of aromatic nitrogens is 1. The van der Waals surface area contributed by atoms with Crippen molar-refractivity contribution in [1.82, 2.24) is 9.88 Å². The summed E-state index contributed by atoms with van der Waals surface area (Å²) in [6, 6.07) is 3.25. The molecule has 0 radical (unpaired) electrons. The number of amides is 1. The molecule has 1 aromatic heterocycles. The molecule has 0 aliphatic carbocycles. The van der Waals surface area contributed by atoms with E-state index in [4.69, 9.17) is 0 Å². The van der Waals surface area contributed by atoms with Crippen molar-refractivity contribution in [3.63, 3.8) is 0 Å². The van der Waals surface area contributed by atoms with Crippen LogP contribution in [0.1, 0.15) is 31.2 Å². The number of aromatic amines is 1. The Morgan fingerprint density at radius 1 is 1.27 bits per heavy atom. The molecule has 1 saturated heterocycles. The molecule has 0 atom stereocenters. The third-order valence-corrected chi connectivity index (χ3v) is 3.96. The van der Waals surface area contributed by atoms with Gasteiger partial charge >= 0.3 is 6.18 Å². The first-order valence-corrected chi connectivity index (χ1v) is 7.35. The van der Waals surface area contributed by atoms with E-state index in [1.807, 2.05) is 0 Å². The van der Waals surface area contributed by atoms with Gasteiger partial charge in [0, 0.05) is 31.8 Å². The Hall–Kier alpha value is -1.79. The molecule has 1 amide bonds. The lowest BCUT2D eigenvalue weighted by Crippen LogP contribution is -2.39. The van der Waals surface area contributed by atoms with Gasteiger partial charge in [-0.1, -0.05) is 6.07 Å². The number of alkyl halides is 3. The van der Waals surface area contributed by atoms with Gasteiger partial charge in [-0.3, -0.25) is 9.59 Å². The van der Waals surface area contributed by atoms with Crippen molar-refractivity contribution in [3.8, 4) is 0 Å². The molecule has 2 rings (SSSR count). The first-order valence-electron chi connectivity index (χ1n) is 7.35. The van der Waals surface area contributed by atoms with Crippen molar-refractivity contribution in [2.24, 2.45) is 5.92 Å². The third-order valence-electron chi connectivity index (χ3n) is 3.96. The Morgan fingerprint density at radius 3 is 2.50 bits per heavy atom. The van der Waals surface area contributed by atoms with E-state index in [1.54, 1.807) is 12.3 Å². The number of likely N-dealkylation sites (tertiary alicyclic amines) is 1. The number of hydrogen-bond acceptors (Lipinski definition) is 2. The first kappa shape index (κ1) is 16.6. The van der Waals surface area contributed by atoms with Gasteiger partial charge in [0.15, 0.2) is 0 Å². The number of carbonyl (C=O) groups is 1. The van der Waals surface area contributed by atoms with Gasteiger partial charge in [-0.15, -0.1) is 0 Å². The largest absolute Gasteiger partial charge is 0.389 e. The molecule has 0 unspecified atom stereocenters. The van der Waals surface area contributed by atoms with Crippen LogP contribution in [0, 0.1) is 5.92 Å². The lowest BCUT2D eigenvalue weighted by molar-refractivity contribution is -0.149. The number of hydrogen-bond donors (Lipinski definition) is 1. The van der Waals surface area contributed by atoms with Gasteiger partial charge in [-0.25, -0.2) is 0 Å². The van der Waals surface area contributed by atoms with Crippen LogP contribution in [-0.2, 0) is 11.2 Å². The summed E-state index contributed by atoms with van der Waals surface area (Å²) < 4.78 is 36.4. The number of piperidine rings is 1. The predicted octanol–water partition coefficient (Wildman–Crippen LogP) is 2.50. The van der Waals surface area contributed by atoms with Crippen LogP contribution in [0.15, 0.2) is 23.1 Å². The van der Waals surface area contributed by atoms with Crippen LogP contribution in [-0.4, -0.2) is 35.1 Å². The van der Waals surface area contributed by atoms with E-state index in [-0.39, 0.29) is 5.56 Å². The number of nitrogens with zero attached hydrogens (tertiary/aromatic N) is 1. The molecule has 1 aromatic rings. The highest BCUT2D eigenvalue weighted by Crippen LogP contribution is 2.24. The zero-order chi connectivity index (χ0) is 16.2. The van der Waals surface area contributed by atoms with Gasteiger partial charge in [0.1, 0.15) is 0 Å². The maximum atomic E-state index is 12.1. The van der Waals surface area contributed by atoms with Crippen LogP contribution in [0.3, 0.4) is 0 Å². The number of rotatable bonds is 4. The minimum atomic E-state index is -4.28. The Balaban J connectivity index is 1.76. The molecule has 1 N–H and O–H groups in total. The molecule has 1 aliphatic rings. The molecule has 2 heterocycles. The van der Waals surface area contributed by atoms with Crippen LogP contribution in [0.5, 0.6) is 0 Å². The zero-order valence-corrected chi connectivity index (χ0v) is 12.2. The summed E-state index contributed by atoms with van der Waals surface area (Å²) >= 11 is 0. The topological polar surface area (TPSA) is 53.2 Å². The van der Waals surface area contributed by atoms with E-state index in [1.165, 1.54) is 11.0 Å². The normalized spacial score (nSPS) is 16.8. The second-order valence-electron chi connectivity index (χ2n) is 5.70. The van der Waals surface area contributed by atoms with Crippen LogP contribution in [0.2, 0.25) is 0 Å². The molecule has 122 valence electrons. The fraction of sp³-hybridized carbons (Fsp3) is 0.600. The number of carbonyl (C=O) groups excluding carboxylic acids is 1. The fourth-order valence-corrected chi connectivity index (χ4v) is 2.70. The first-order chi connectivity index (χ1) is 10.3. The van der Waals surface area contributed by atoms with Crippen molar-refractivity contribution in [2.75, 3.05) is 13.1 Å². The second kappa shape index (κ2) is 6.98. The average Bonchev–Trinajstić information content (AvgIpc) is 2.47. The van der Waals surface area contributed by atoms with Crippen LogP contribution in [0.25, 0.3) is 0 Å². The van der Waals surface area contributed by atoms with Gasteiger partial charge in [-0.05, 0) is 30.7 Å². The van der Waals surface area contributed by atoms with E-state index >= 15 is 0 Å². The maximum absolute atomic E-state index is 12.1. The Labute approximate surface area is 126 Å². The highest BCUT2D eigenvalue weighted by Gasteiger charge is 2.30. The molecule has 0 aromatic carbocycles. The summed E-state index contributed by atoms with van der Waals surface area (Å²) in [4.78, 5) is 26.9. The highest BCUT2D eigenvalue weighted by atomic mass is 19.4. The Bertz CT molecular complexity index is 540. The quantitative estimate of drug-likeness (QED) is 0.928. The number of H-pyrrole nitrogens is 1. The molecule has 7 heteroatoms. The van der Waals surface area contributed by atoms with Gasteiger partial charge in [-0.2, -0.15) is 13.2 Å². The van der Waals surface area contributed by atoms with Gasteiger partial charge < -0.3 is 9.88 Å². The maximum Gasteiger partial charge on any atom is 0.389 e. The van der Waals surface area contributed by atoms with Crippen LogP contribution >= 0.6 is 0 Å². The van der Waals surface area contributed by atoms with Crippen LogP contribution < -0.4 is 5.56 Å². The van der Waals surface area contributed by atoms with Crippen molar-refractivity contribution in [3.05, 3.63) is 34.2 Å². The molecule has 0 bridgehead atoms. The SMILES string of the molecule is O=C(CCC(F)(F)F)N1CCC(Cc2ccc(=O)[nH]c2)CC1. The highest BCUT2D eigenvalue weighted by molar-refractivity contribution is 5.76. The number of nitrogens with one attached hydrogen (secondary N) is 1. The lowest BCUT2D eigenvalue weighted by atomic mass is 9.90. The molecule has 0 saturated carbocycles. The summed E-state index contributed by atoms with van der Waals surface area (Å²) in [6.45, 7) is 1.01. The Morgan fingerprint density at radius 2 is 1.95 bits per heavy atom. The molecule has 22 heavy (non-hydrogen) atoms. The minimum absolute atomic E-state index is 0.145. The van der Waals surface area contributed by atoms with Gasteiger partial charge in [0.25, 0.3) is 0 Å². The lowest BCUT2D eigenvalue weighted by Gasteiger charge is -2.32. The fourth-order valence-electron chi connectivity index (χ4n) is 2.70. The van der Waals surface area contributed by atoms with Crippen LogP contribution in [0.4, 0.5) is 13.2 Å². The van der Waals surface area contributed by atoms with E-state index in [2.05, 4.69) is 4.98 Å². The van der Waals surface area contributed by atoms with E-state index in [9.17, 15) is 22.8 Å². The molecular formula is C15H19F3N2O2. The molecule has 4 nitrogen and oxygen atoms in total. The van der Waals surface area contributed by atoms with Crippen molar-refractivity contribution in [2.45, 2.75) is 38.3 Å².